The van der Waals surface area contributed by atoms with E-state index in [0.29, 0.717) is 5.41 Å². The molecule has 0 aliphatic heterocycles. The molecule has 0 aromatic carbocycles. The molecule has 0 rings (SSSR count). The molecule has 0 bridgehead atoms. The highest BCUT2D eigenvalue weighted by Gasteiger charge is 2.11. The average molecular weight is 167 g/mol. The summed E-state index contributed by atoms with van der Waals surface area (Å²) in [4.78, 5) is 4.46. The summed E-state index contributed by atoms with van der Waals surface area (Å²) < 4.78 is 0. The van der Waals surface area contributed by atoms with Crippen molar-refractivity contribution in [1.82, 2.24) is 0 Å². The van der Waals surface area contributed by atoms with E-state index in [2.05, 4.69) is 31.8 Å². The molecule has 0 heterocycles. The maximum Gasteiger partial charge on any atom is 0.0365 e. The van der Waals surface area contributed by atoms with Crippen molar-refractivity contribution in [2.24, 2.45) is 10.4 Å². The smallest absolute Gasteiger partial charge is 0.0365 e. The Labute approximate surface area is 76.6 Å². The topological polar surface area (TPSA) is 12.4 Å². The number of aliphatic imine (C=N–C) groups is 1. The summed E-state index contributed by atoms with van der Waals surface area (Å²) in [6.45, 7) is 12.8. The van der Waals surface area contributed by atoms with Gasteiger partial charge in [0.1, 0.15) is 0 Å². The Morgan fingerprint density at radius 3 is 2.00 bits per heavy atom. The predicted molar refractivity (Wildman–Crippen MR) is 56.6 cm³/mol. The summed E-state index contributed by atoms with van der Waals surface area (Å²) in [5.41, 5.74) is 2.66. The van der Waals surface area contributed by atoms with Crippen LogP contribution in [-0.2, 0) is 0 Å². The van der Waals surface area contributed by atoms with Crippen molar-refractivity contribution >= 4 is 5.71 Å². The van der Waals surface area contributed by atoms with Crippen LogP contribution in [0, 0.1) is 5.41 Å². The molecule has 0 aliphatic rings. The molecule has 0 atom stereocenters. The highest BCUT2D eigenvalue weighted by molar-refractivity contribution is 5.80. The van der Waals surface area contributed by atoms with Crippen molar-refractivity contribution in [3.8, 4) is 0 Å². The van der Waals surface area contributed by atoms with E-state index in [0.717, 1.165) is 12.1 Å². The van der Waals surface area contributed by atoms with E-state index in [1.54, 1.807) is 0 Å². The molecule has 1 nitrogen and oxygen atoms in total. The summed E-state index contributed by atoms with van der Waals surface area (Å²) in [5, 5.41) is 0. The third kappa shape index (κ3) is 6.14. The minimum atomic E-state index is 0.334. The lowest BCUT2D eigenvalue weighted by molar-refractivity contribution is 0.408. The van der Waals surface area contributed by atoms with Gasteiger partial charge in [0.2, 0.25) is 0 Å². The molecule has 1 heteroatoms. The van der Waals surface area contributed by atoms with Gasteiger partial charge in [-0.05, 0) is 32.6 Å². The zero-order chi connectivity index (χ0) is 9.78. The van der Waals surface area contributed by atoms with Crippen LogP contribution in [0.5, 0.6) is 0 Å². The van der Waals surface area contributed by atoms with Gasteiger partial charge in [-0.25, -0.2) is 0 Å². The Morgan fingerprint density at radius 1 is 1.25 bits per heavy atom. The third-order valence-electron chi connectivity index (χ3n) is 1.41. The van der Waals surface area contributed by atoms with E-state index in [1.807, 2.05) is 20.8 Å². The molecule has 12 heavy (non-hydrogen) atoms. The normalized spacial score (nSPS) is 13.0. The van der Waals surface area contributed by atoms with Crippen LogP contribution in [0.4, 0.5) is 0 Å². The monoisotopic (exact) mass is 167 g/mol. The average Bonchev–Trinajstić information content (AvgIpc) is 1.82. The molecule has 0 radical (unpaired) electrons. The maximum atomic E-state index is 4.46. The van der Waals surface area contributed by atoms with E-state index in [-0.39, 0.29) is 0 Å². The molecular weight excluding hydrogens is 146 g/mol. The summed E-state index contributed by atoms with van der Waals surface area (Å²) >= 11 is 0. The summed E-state index contributed by atoms with van der Waals surface area (Å²) in [7, 11) is 0. The largest absolute Gasteiger partial charge is 0.263 e. The SMILES string of the molecule is C/C=C(/CC(C)(C)C)N=C(C)C. The standard InChI is InChI=1S/C11H21N/c1-7-10(12-9(2)3)8-11(4,5)6/h7H,8H2,1-6H3/b10-7-. The van der Waals surface area contributed by atoms with Crippen LogP contribution in [0.25, 0.3) is 0 Å². The molecule has 0 unspecified atom stereocenters. The van der Waals surface area contributed by atoms with Crippen molar-refractivity contribution < 1.29 is 0 Å². The Bertz CT molecular complexity index is 188. The Hall–Kier alpha value is -0.590. The second-order valence-electron chi connectivity index (χ2n) is 4.58. The van der Waals surface area contributed by atoms with Gasteiger partial charge in [0.25, 0.3) is 0 Å². The quantitative estimate of drug-likeness (QED) is 0.555. The first-order chi connectivity index (χ1) is 5.35. The number of nitrogens with zero attached hydrogens (tertiary/aromatic N) is 1. The van der Waals surface area contributed by atoms with Crippen LogP contribution in [-0.4, -0.2) is 5.71 Å². The highest BCUT2D eigenvalue weighted by Crippen LogP contribution is 2.24. The van der Waals surface area contributed by atoms with Gasteiger partial charge >= 0.3 is 0 Å². The van der Waals surface area contributed by atoms with Crippen LogP contribution in [0.3, 0.4) is 0 Å². The molecule has 0 aromatic heterocycles. The number of hydrogen-bond donors (Lipinski definition) is 0. The fourth-order valence-corrected chi connectivity index (χ4v) is 1.04. The first kappa shape index (κ1) is 11.4. The summed E-state index contributed by atoms with van der Waals surface area (Å²) in [6, 6.07) is 0. The summed E-state index contributed by atoms with van der Waals surface area (Å²) in [5.74, 6) is 0. The van der Waals surface area contributed by atoms with Crippen molar-refractivity contribution in [3.05, 3.63) is 11.8 Å². The first-order valence-corrected chi connectivity index (χ1v) is 4.52. The molecule has 0 amide bonds. The third-order valence-corrected chi connectivity index (χ3v) is 1.41. The molecular formula is C11H21N. The van der Waals surface area contributed by atoms with Gasteiger partial charge in [-0.1, -0.05) is 26.8 Å². The second-order valence-corrected chi connectivity index (χ2v) is 4.58. The van der Waals surface area contributed by atoms with Crippen LogP contribution in [0.2, 0.25) is 0 Å². The lowest BCUT2D eigenvalue weighted by Crippen LogP contribution is -2.05. The van der Waals surface area contributed by atoms with Gasteiger partial charge in [0.15, 0.2) is 0 Å². The zero-order valence-electron chi connectivity index (χ0n) is 9.23. The van der Waals surface area contributed by atoms with Gasteiger partial charge in [-0.15, -0.1) is 0 Å². The number of hydrogen-bond acceptors (Lipinski definition) is 1. The van der Waals surface area contributed by atoms with Crippen LogP contribution in [0.1, 0.15) is 48.0 Å². The van der Waals surface area contributed by atoms with Gasteiger partial charge in [0.05, 0.1) is 0 Å². The van der Waals surface area contributed by atoms with Crippen LogP contribution in [0.15, 0.2) is 16.8 Å². The molecule has 70 valence electrons. The van der Waals surface area contributed by atoms with Gasteiger partial charge in [-0.3, -0.25) is 4.99 Å². The van der Waals surface area contributed by atoms with E-state index in [1.165, 1.54) is 5.70 Å². The van der Waals surface area contributed by atoms with Gasteiger partial charge in [0, 0.05) is 11.4 Å². The molecule has 0 aromatic rings. The maximum absolute atomic E-state index is 4.46. The van der Waals surface area contributed by atoms with Crippen molar-refractivity contribution in [2.45, 2.75) is 48.0 Å². The number of rotatable bonds is 2. The van der Waals surface area contributed by atoms with Gasteiger partial charge < -0.3 is 0 Å². The molecule has 0 saturated carbocycles. The molecule has 0 N–H and O–H groups in total. The second kappa shape index (κ2) is 4.44. The van der Waals surface area contributed by atoms with Gasteiger partial charge in [-0.2, -0.15) is 0 Å². The van der Waals surface area contributed by atoms with Crippen LogP contribution < -0.4 is 0 Å². The Morgan fingerprint density at radius 2 is 1.75 bits per heavy atom. The molecule has 0 aliphatic carbocycles. The van der Waals surface area contributed by atoms with E-state index >= 15 is 0 Å². The lowest BCUT2D eigenvalue weighted by atomic mass is 9.90. The predicted octanol–water partition coefficient (Wildman–Crippen LogP) is 3.81. The first-order valence-electron chi connectivity index (χ1n) is 4.52. The van der Waals surface area contributed by atoms with E-state index in [4.69, 9.17) is 0 Å². The molecule has 0 saturated heterocycles. The Kier molecular flexibility index (Phi) is 4.22. The minimum absolute atomic E-state index is 0.334. The van der Waals surface area contributed by atoms with Crippen molar-refractivity contribution in [3.63, 3.8) is 0 Å². The fraction of sp³-hybridized carbons (Fsp3) is 0.727. The minimum Gasteiger partial charge on any atom is -0.263 e. The molecule has 0 fully saturated rings. The number of allylic oxidation sites excluding steroid dienone is 2. The van der Waals surface area contributed by atoms with E-state index < -0.39 is 0 Å². The lowest BCUT2D eigenvalue weighted by Gasteiger charge is -2.18. The van der Waals surface area contributed by atoms with Crippen molar-refractivity contribution in [2.75, 3.05) is 0 Å². The Balaban J connectivity index is 4.33. The molecule has 0 spiro atoms. The fourth-order valence-electron chi connectivity index (χ4n) is 1.04. The van der Waals surface area contributed by atoms with Crippen LogP contribution >= 0.6 is 0 Å². The van der Waals surface area contributed by atoms with E-state index in [9.17, 15) is 0 Å². The van der Waals surface area contributed by atoms with Crippen molar-refractivity contribution in [1.29, 1.82) is 0 Å². The summed E-state index contributed by atoms with van der Waals surface area (Å²) in [6.07, 6.45) is 3.15. The highest BCUT2D eigenvalue weighted by atomic mass is 14.7. The zero-order valence-corrected chi connectivity index (χ0v) is 9.23.